The molecule has 5 rings (SSSR count). The topological polar surface area (TPSA) is 91.0 Å². The molecule has 9 nitrogen and oxygen atoms in total. The van der Waals surface area contributed by atoms with Gasteiger partial charge in [0.25, 0.3) is 0 Å². The third-order valence-electron chi connectivity index (χ3n) is 6.46. The first-order chi connectivity index (χ1) is 14.6. The van der Waals surface area contributed by atoms with Gasteiger partial charge in [0, 0.05) is 38.2 Å². The molecule has 0 spiro atoms. The fourth-order valence-electron chi connectivity index (χ4n) is 4.39. The van der Waals surface area contributed by atoms with E-state index in [0.717, 1.165) is 55.1 Å². The first-order valence-electron chi connectivity index (χ1n) is 10.7. The number of fused-ring (bicyclic) bond motifs is 1. The quantitative estimate of drug-likeness (QED) is 0.642. The molecule has 1 saturated carbocycles. The summed E-state index contributed by atoms with van der Waals surface area (Å²) in [7, 11) is 1.94. The van der Waals surface area contributed by atoms with Crippen LogP contribution in [-0.4, -0.2) is 59.3 Å². The lowest BCUT2D eigenvalue weighted by atomic mass is 9.84. The summed E-state index contributed by atoms with van der Waals surface area (Å²) in [5.74, 6) is 1.77. The number of hydrogen-bond donors (Lipinski definition) is 0. The van der Waals surface area contributed by atoms with E-state index >= 15 is 0 Å². The molecule has 9 heteroatoms. The Kier molecular flexibility index (Phi) is 4.67. The van der Waals surface area contributed by atoms with Gasteiger partial charge in [0.1, 0.15) is 18.3 Å². The van der Waals surface area contributed by atoms with Crippen molar-refractivity contribution in [3.63, 3.8) is 0 Å². The SMILES string of the molecule is CCn1ncc(-c2nc3c(OC4CCN(C(=O)C5CCC5)C4)ncnc3n2C)c1C. The third-order valence-corrected chi connectivity index (χ3v) is 6.46. The average Bonchev–Trinajstić information content (AvgIpc) is 3.39. The number of carbonyl (C=O) groups is 1. The first kappa shape index (κ1) is 19.0. The fourth-order valence-corrected chi connectivity index (χ4v) is 4.39. The second-order valence-electron chi connectivity index (χ2n) is 8.25. The van der Waals surface area contributed by atoms with Gasteiger partial charge in [-0.3, -0.25) is 9.48 Å². The summed E-state index contributed by atoms with van der Waals surface area (Å²) in [6.07, 6.45) is 7.32. The van der Waals surface area contributed by atoms with Crippen LogP contribution in [0.2, 0.25) is 0 Å². The Morgan fingerprint density at radius 3 is 2.80 bits per heavy atom. The highest BCUT2D eigenvalue weighted by molar-refractivity contribution is 5.81. The molecule has 1 aliphatic heterocycles. The molecule has 1 amide bonds. The van der Waals surface area contributed by atoms with E-state index in [4.69, 9.17) is 9.72 Å². The van der Waals surface area contributed by atoms with Crippen LogP contribution in [0.5, 0.6) is 5.88 Å². The van der Waals surface area contributed by atoms with Gasteiger partial charge in [0.05, 0.1) is 18.3 Å². The summed E-state index contributed by atoms with van der Waals surface area (Å²) >= 11 is 0. The van der Waals surface area contributed by atoms with Crippen molar-refractivity contribution in [1.82, 2.24) is 34.2 Å². The van der Waals surface area contributed by atoms with Crippen molar-refractivity contribution < 1.29 is 9.53 Å². The van der Waals surface area contributed by atoms with E-state index in [1.165, 1.54) is 12.7 Å². The van der Waals surface area contributed by atoms with Gasteiger partial charge >= 0.3 is 0 Å². The summed E-state index contributed by atoms with van der Waals surface area (Å²) in [6.45, 7) is 6.28. The summed E-state index contributed by atoms with van der Waals surface area (Å²) in [5, 5.41) is 4.44. The van der Waals surface area contributed by atoms with E-state index in [1.807, 2.05) is 34.3 Å². The molecule has 1 atom stereocenters. The number of rotatable bonds is 5. The summed E-state index contributed by atoms with van der Waals surface area (Å²) in [4.78, 5) is 28.1. The van der Waals surface area contributed by atoms with E-state index < -0.39 is 0 Å². The zero-order valence-electron chi connectivity index (χ0n) is 17.7. The number of ether oxygens (including phenoxy) is 1. The third kappa shape index (κ3) is 3.03. The lowest BCUT2D eigenvalue weighted by Gasteiger charge is -2.29. The monoisotopic (exact) mass is 409 g/mol. The summed E-state index contributed by atoms with van der Waals surface area (Å²) in [6, 6.07) is 0. The molecule has 4 heterocycles. The van der Waals surface area contributed by atoms with Crippen LogP contribution in [0.4, 0.5) is 0 Å². The molecule has 0 radical (unpaired) electrons. The number of aryl methyl sites for hydroxylation is 2. The van der Waals surface area contributed by atoms with Crippen LogP contribution in [0, 0.1) is 12.8 Å². The number of carbonyl (C=O) groups excluding carboxylic acids is 1. The smallest absolute Gasteiger partial charge is 0.245 e. The Hall–Kier alpha value is -2.97. The summed E-state index contributed by atoms with van der Waals surface area (Å²) in [5.41, 5.74) is 3.40. The zero-order valence-corrected chi connectivity index (χ0v) is 17.7. The Morgan fingerprint density at radius 2 is 2.10 bits per heavy atom. The molecule has 2 aliphatic rings. The predicted octanol–water partition coefficient (Wildman–Crippen LogP) is 2.33. The molecule has 2 fully saturated rings. The Labute approximate surface area is 175 Å². The maximum absolute atomic E-state index is 12.5. The highest BCUT2D eigenvalue weighted by atomic mass is 16.5. The number of nitrogens with zero attached hydrogens (tertiary/aromatic N) is 7. The van der Waals surface area contributed by atoms with Crippen molar-refractivity contribution in [1.29, 1.82) is 0 Å². The van der Waals surface area contributed by atoms with Crippen molar-refractivity contribution in [2.24, 2.45) is 13.0 Å². The Balaban J connectivity index is 1.40. The van der Waals surface area contributed by atoms with Crippen LogP contribution in [0.15, 0.2) is 12.5 Å². The van der Waals surface area contributed by atoms with E-state index in [2.05, 4.69) is 22.0 Å². The van der Waals surface area contributed by atoms with Gasteiger partial charge in [0.2, 0.25) is 11.8 Å². The van der Waals surface area contributed by atoms with Crippen LogP contribution in [0.3, 0.4) is 0 Å². The number of imidazole rings is 1. The Bertz CT molecular complexity index is 1100. The van der Waals surface area contributed by atoms with Crippen molar-refractivity contribution in [3.8, 4) is 17.3 Å². The molecular weight excluding hydrogens is 382 g/mol. The van der Waals surface area contributed by atoms with Crippen LogP contribution in [-0.2, 0) is 18.4 Å². The van der Waals surface area contributed by atoms with Gasteiger partial charge in [-0.15, -0.1) is 0 Å². The standard InChI is InChI=1S/C21H27N7O2/c1-4-28-13(2)16(10-24-28)18-25-17-19(26(18)3)22-12-23-20(17)30-15-8-9-27(11-15)21(29)14-6-5-7-14/h10,12,14-15H,4-9,11H2,1-3H3. The van der Waals surface area contributed by atoms with Crippen LogP contribution in [0.25, 0.3) is 22.6 Å². The predicted molar refractivity (Wildman–Crippen MR) is 111 cm³/mol. The maximum Gasteiger partial charge on any atom is 0.245 e. The van der Waals surface area contributed by atoms with Gasteiger partial charge in [0.15, 0.2) is 11.2 Å². The lowest BCUT2D eigenvalue weighted by Crippen LogP contribution is -2.38. The number of likely N-dealkylation sites (tertiary alicyclic amines) is 1. The van der Waals surface area contributed by atoms with E-state index in [1.54, 1.807) is 0 Å². The van der Waals surface area contributed by atoms with Crippen molar-refractivity contribution >= 4 is 17.1 Å². The second kappa shape index (κ2) is 7.37. The molecule has 158 valence electrons. The summed E-state index contributed by atoms with van der Waals surface area (Å²) < 4.78 is 10.1. The minimum Gasteiger partial charge on any atom is -0.471 e. The highest BCUT2D eigenvalue weighted by Crippen LogP contribution is 2.32. The van der Waals surface area contributed by atoms with Gasteiger partial charge in [-0.25, -0.2) is 9.97 Å². The molecule has 0 N–H and O–H groups in total. The molecule has 1 unspecified atom stereocenters. The number of amides is 1. The minimum atomic E-state index is -0.0674. The molecule has 30 heavy (non-hydrogen) atoms. The van der Waals surface area contributed by atoms with Crippen LogP contribution in [0.1, 0.15) is 38.3 Å². The van der Waals surface area contributed by atoms with Crippen molar-refractivity contribution in [3.05, 3.63) is 18.2 Å². The molecule has 1 saturated heterocycles. The molecule has 1 aliphatic carbocycles. The van der Waals surface area contributed by atoms with Crippen LogP contribution < -0.4 is 4.74 Å². The molecule has 0 aromatic carbocycles. The zero-order chi connectivity index (χ0) is 20.8. The maximum atomic E-state index is 12.5. The first-order valence-corrected chi connectivity index (χ1v) is 10.7. The van der Waals surface area contributed by atoms with Gasteiger partial charge in [-0.2, -0.15) is 10.1 Å². The second-order valence-corrected chi connectivity index (χ2v) is 8.25. The highest BCUT2D eigenvalue weighted by Gasteiger charge is 2.35. The van der Waals surface area contributed by atoms with E-state index in [9.17, 15) is 4.79 Å². The molecule has 3 aromatic heterocycles. The molecule has 3 aromatic rings. The fraction of sp³-hybridized carbons (Fsp3) is 0.571. The van der Waals surface area contributed by atoms with Gasteiger partial charge in [-0.05, 0) is 26.7 Å². The average molecular weight is 409 g/mol. The normalized spacial score (nSPS) is 19.4. The largest absolute Gasteiger partial charge is 0.471 e. The van der Waals surface area contributed by atoms with Gasteiger partial charge in [-0.1, -0.05) is 6.42 Å². The van der Waals surface area contributed by atoms with E-state index in [0.29, 0.717) is 17.9 Å². The van der Waals surface area contributed by atoms with Crippen molar-refractivity contribution in [2.45, 2.75) is 52.2 Å². The van der Waals surface area contributed by atoms with Crippen molar-refractivity contribution in [2.75, 3.05) is 13.1 Å². The lowest BCUT2D eigenvalue weighted by molar-refractivity contribution is -0.137. The Morgan fingerprint density at radius 1 is 1.27 bits per heavy atom. The minimum absolute atomic E-state index is 0.0674. The molecular formula is C21H27N7O2. The van der Waals surface area contributed by atoms with E-state index in [-0.39, 0.29) is 17.9 Å². The number of aromatic nitrogens is 6. The van der Waals surface area contributed by atoms with Crippen LogP contribution >= 0.6 is 0 Å². The molecule has 0 bridgehead atoms. The number of hydrogen-bond acceptors (Lipinski definition) is 6. The van der Waals surface area contributed by atoms with Gasteiger partial charge < -0.3 is 14.2 Å².